The molecule has 168 valence electrons. The summed E-state index contributed by atoms with van der Waals surface area (Å²) in [6.07, 6.45) is 0. The first kappa shape index (κ1) is 22.0. The van der Waals surface area contributed by atoms with Crippen molar-refractivity contribution in [1.82, 2.24) is 14.9 Å². The third-order valence-electron chi connectivity index (χ3n) is 5.29. The SMILES string of the molecule is Cc1nc(Nc2cccc(NC(=O)Nc3cccc(C#N)c3)c2)cc(N2CCN(C)CC2)n1. The Kier molecular flexibility index (Phi) is 6.66. The van der Waals surface area contributed by atoms with Gasteiger partial charge in [-0.3, -0.25) is 0 Å². The minimum Gasteiger partial charge on any atom is -0.354 e. The van der Waals surface area contributed by atoms with Crippen LogP contribution in [0.1, 0.15) is 11.4 Å². The molecule has 1 aliphatic rings. The lowest BCUT2D eigenvalue weighted by atomic mass is 10.2. The maximum atomic E-state index is 12.4. The number of aryl methyl sites for hydroxylation is 1. The molecule has 1 fully saturated rings. The second kappa shape index (κ2) is 9.97. The number of piperazine rings is 1. The molecule has 0 unspecified atom stereocenters. The molecule has 1 aromatic heterocycles. The number of nitrogens with zero attached hydrogens (tertiary/aromatic N) is 5. The van der Waals surface area contributed by atoms with Crippen molar-refractivity contribution in [3.05, 3.63) is 66.0 Å². The maximum absolute atomic E-state index is 12.4. The van der Waals surface area contributed by atoms with Gasteiger partial charge in [0, 0.05) is 49.3 Å². The first-order valence-electron chi connectivity index (χ1n) is 10.7. The van der Waals surface area contributed by atoms with Crippen LogP contribution in [0, 0.1) is 18.3 Å². The van der Waals surface area contributed by atoms with Crippen LogP contribution in [0.5, 0.6) is 0 Å². The van der Waals surface area contributed by atoms with E-state index < -0.39 is 6.03 Å². The van der Waals surface area contributed by atoms with E-state index in [1.807, 2.05) is 31.2 Å². The Morgan fingerprint density at radius 3 is 2.33 bits per heavy atom. The van der Waals surface area contributed by atoms with Crippen molar-refractivity contribution in [2.75, 3.05) is 54.1 Å². The summed E-state index contributed by atoms with van der Waals surface area (Å²) in [5.41, 5.74) is 2.45. The molecule has 0 bridgehead atoms. The summed E-state index contributed by atoms with van der Waals surface area (Å²) in [6.45, 7) is 5.75. The Morgan fingerprint density at radius 2 is 1.61 bits per heavy atom. The zero-order valence-corrected chi connectivity index (χ0v) is 18.7. The average molecular weight is 443 g/mol. The Bertz CT molecular complexity index is 1180. The number of carbonyl (C=O) groups is 1. The van der Waals surface area contributed by atoms with Gasteiger partial charge in [-0.15, -0.1) is 0 Å². The largest absolute Gasteiger partial charge is 0.354 e. The predicted molar refractivity (Wildman–Crippen MR) is 130 cm³/mol. The van der Waals surface area contributed by atoms with Crippen molar-refractivity contribution in [1.29, 1.82) is 5.26 Å². The van der Waals surface area contributed by atoms with Gasteiger partial charge in [0.1, 0.15) is 17.5 Å². The highest BCUT2D eigenvalue weighted by molar-refractivity contribution is 6.00. The summed E-state index contributed by atoms with van der Waals surface area (Å²) in [7, 11) is 2.13. The highest BCUT2D eigenvalue weighted by Gasteiger charge is 2.16. The molecule has 3 aromatic rings. The molecule has 9 nitrogen and oxygen atoms in total. The predicted octanol–water partition coefficient (Wildman–Crippen LogP) is 3.80. The van der Waals surface area contributed by atoms with Crippen molar-refractivity contribution in [2.24, 2.45) is 0 Å². The fourth-order valence-corrected chi connectivity index (χ4v) is 3.60. The molecule has 4 rings (SSSR count). The molecule has 2 aromatic carbocycles. The van der Waals surface area contributed by atoms with E-state index in [2.05, 4.69) is 48.8 Å². The van der Waals surface area contributed by atoms with Crippen LogP contribution in [-0.4, -0.2) is 54.1 Å². The summed E-state index contributed by atoms with van der Waals surface area (Å²) in [5.74, 6) is 2.31. The minimum atomic E-state index is -0.391. The maximum Gasteiger partial charge on any atom is 0.323 e. The highest BCUT2D eigenvalue weighted by Crippen LogP contribution is 2.23. The van der Waals surface area contributed by atoms with Crippen LogP contribution in [0.3, 0.4) is 0 Å². The van der Waals surface area contributed by atoms with Crippen LogP contribution in [0.25, 0.3) is 0 Å². The number of carbonyl (C=O) groups excluding carboxylic acids is 1. The van der Waals surface area contributed by atoms with Gasteiger partial charge in [-0.1, -0.05) is 12.1 Å². The molecule has 2 amide bonds. The third kappa shape index (κ3) is 5.96. The number of aromatic nitrogens is 2. The molecule has 1 aliphatic heterocycles. The monoisotopic (exact) mass is 442 g/mol. The lowest BCUT2D eigenvalue weighted by Crippen LogP contribution is -2.44. The van der Waals surface area contributed by atoms with Gasteiger partial charge in [-0.05, 0) is 50.4 Å². The quantitative estimate of drug-likeness (QED) is 0.551. The van der Waals surface area contributed by atoms with Crippen molar-refractivity contribution >= 4 is 34.7 Å². The molecule has 1 saturated heterocycles. The third-order valence-corrected chi connectivity index (χ3v) is 5.29. The van der Waals surface area contributed by atoms with Crippen LogP contribution in [-0.2, 0) is 0 Å². The summed E-state index contributed by atoms with van der Waals surface area (Å²) < 4.78 is 0. The molecule has 0 aliphatic carbocycles. The van der Waals surface area contributed by atoms with Crippen LogP contribution in [0.4, 0.5) is 33.5 Å². The highest BCUT2D eigenvalue weighted by atomic mass is 16.2. The summed E-state index contributed by atoms with van der Waals surface area (Å²) in [6, 6.07) is 17.8. The van der Waals surface area contributed by atoms with E-state index in [0.29, 0.717) is 28.6 Å². The summed E-state index contributed by atoms with van der Waals surface area (Å²) in [5, 5.41) is 17.9. The molecule has 0 atom stereocenters. The molecule has 0 saturated carbocycles. The van der Waals surface area contributed by atoms with Crippen molar-refractivity contribution in [3.8, 4) is 6.07 Å². The second-order valence-corrected chi connectivity index (χ2v) is 7.93. The van der Waals surface area contributed by atoms with Crippen LogP contribution >= 0.6 is 0 Å². The molecule has 9 heteroatoms. The van der Waals surface area contributed by atoms with Gasteiger partial charge in [0.2, 0.25) is 0 Å². The van der Waals surface area contributed by atoms with Crippen LogP contribution < -0.4 is 20.9 Å². The van der Waals surface area contributed by atoms with Crippen molar-refractivity contribution < 1.29 is 4.79 Å². The normalized spacial score (nSPS) is 13.8. The number of amides is 2. The molecule has 3 N–H and O–H groups in total. The number of hydrogen-bond donors (Lipinski definition) is 3. The average Bonchev–Trinajstić information content (AvgIpc) is 2.79. The zero-order valence-electron chi connectivity index (χ0n) is 18.7. The van der Waals surface area contributed by atoms with E-state index >= 15 is 0 Å². The smallest absolute Gasteiger partial charge is 0.323 e. The lowest BCUT2D eigenvalue weighted by Gasteiger charge is -2.33. The Balaban J connectivity index is 1.42. The van der Waals surface area contributed by atoms with Gasteiger partial charge in [-0.25, -0.2) is 14.8 Å². The Morgan fingerprint density at radius 1 is 0.939 bits per heavy atom. The van der Waals surface area contributed by atoms with E-state index in [9.17, 15) is 4.79 Å². The van der Waals surface area contributed by atoms with E-state index in [-0.39, 0.29) is 0 Å². The van der Waals surface area contributed by atoms with Crippen molar-refractivity contribution in [3.63, 3.8) is 0 Å². The number of anilines is 5. The van der Waals surface area contributed by atoms with Crippen LogP contribution in [0.15, 0.2) is 54.6 Å². The van der Waals surface area contributed by atoms with E-state index in [1.165, 1.54) is 0 Å². The molecule has 0 radical (unpaired) electrons. The number of hydrogen-bond acceptors (Lipinski definition) is 7. The number of nitrogens with one attached hydrogen (secondary N) is 3. The number of nitriles is 1. The van der Waals surface area contributed by atoms with Gasteiger partial charge < -0.3 is 25.8 Å². The number of rotatable bonds is 5. The fourth-order valence-electron chi connectivity index (χ4n) is 3.60. The summed E-state index contributed by atoms with van der Waals surface area (Å²) in [4.78, 5) is 26.1. The number of likely N-dealkylation sites (N-methyl/N-ethyl adjacent to an activating group) is 1. The standard InChI is InChI=1S/C24H26N8O/c1-17-26-22(15-23(27-17)32-11-9-31(2)10-12-32)28-20-7-4-8-21(14-20)30-24(33)29-19-6-3-5-18(13-19)16-25/h3-8,13-15H,9-12H2,1-2H3,(H,26,27,28)(H2,29,30,33). The molecular formula is C24H26N8O. The second-order valence-electron chi connectivity index (χ2n) is 7.93. The summed E-state index contributed by atoms with van der Waals surface area (Å²) >= 11 is 0. The van der Waals surface area contributed by atoms with E-state index in [0.717, 1.165) is 37.7 Å². The van der Waals surface area contributed by atoms with Gasteiger partial charge >= 0.3 is 6.03 Å². The van der Waals surface area contributed by atoms with Gasteiger partial charge in [0.15, 0.2) is 0 Å². The Labute approximate surface area is 193 Å². The van der Waals surface area contributed by atoms with Gasteiger partial charge in [-0.2, -0.15) is 5.26 Å². The first-order valence-corrected chi connectivity index (χ1v) is 10.7. The topological polar surface area (TPSA) is 109 Å². The zero-order chi connectivity index (χ0) is 23.2. The lowest BCUT2D eigenvalue weighted by molar-refractivity contribution is 0.262. The molecule has 2 heterocycles. The van der Waals surface area contributed by atoms with E-state index in [4.69, 9.17) is 5.26 Å². The fraction of sp³-hybridized carbons (Fsp3) is 0.250. The molecular weight excluding hydrogens is 416 g/mol. The van der Waals surface area contributed by atoms with Crippen molar-refractivity contribution in [2.45, 2.75) is 6.92 Å². The Hall–Kier alpha value is -4.16. The van der Waals surface area contributed by atoms with Gasteiger partial charge in [0.05, 0.1) is 11.6 Å². The molecule has 0 spiro atoms. The minimum absolute atomic E-state index is 0.391. The number of urea groups is 1. The molecule has 33 heavy (non-hydrogen) atoms. The number of benzene rings is 2. The van der Waals surface area contributed by atoms with Crippen LogP contribution in [0.2, 0.25) is 0 Å². The van der Waals surface area contributed by atoms with E-state index in [1.54, 1.807) is 30.3 Å². The first-order chi connectivity index (χ1) is 16.0. The van der Waals surface area contributed by atoms with Gasteiger partial charge in [0.25, 0.3) is 0 Å².